The first kappa shape index (κ1) is 11.7. The first-order valence-corrected chi connectivity index (χ1v) is 6.66. The van der Waals surface area contributed by atoms with Gasteiger partial charge in [0.25, 0.3) is 0 Å². The van der Waals surface area contributed by atoms with Crippen LogP contribution in [0.2, 0.25) is 0 Å². The molecule has 3 atom stereocenters. The predicted octanol–water partition coefficient (Wildman–Crippen LogP) is 1.02. The van der Waals surface area contributed by atoms with E-state index in [0.29, 0.717) is 6.42 Å². The molecule has 5 heteroatoms. The van der Waals surface area contributed by atoms with Crippen molar-refractivity contribution in [3.8, 4) is 0 Å². The van der Waals surface area contributed by atoms with E-state index in [1.807, 2.05) is 0 Å². The van der Waals surface area contributed by atoms with Crippen molar-refractivity contribution in [3.63, 3.8) is 0 Å². The first-order valence-electron chi connectivity index (χ1n) is 6.66. The van der Waals surface area contributed by atoms with Gasteiger partial charge in [0.05, 0.1) is 12.5 Å². The molecule has 0 aromatic heterocycles. The van der Waals surface area contributed by atoms with Crippen molar-refractivity contribution in [1.82, 2.24) is 4.90 Å². The highest BCUT2D eigenvalue weighted by molar-refractivity contribution is 6.01. The van der Waals surface area contributed by atoms with E-state index in [1.54, 1.807) is 0 Å². The number of carbonyl (C=O) groups excluding carboxylic acids is 2. The lowest BCUT2D eigenvalue weighted by Gasteiger charge is -2.35. The summed E-state index contributed by atoms with van der Waals surface area (Å²) in [6.07, 6.45) is 4.03. The van der Waals surface area contributed by atoms with Crippen molar-refractivity contribution < 1.29 is 19.5 Å². The molecule has 5 nitrogen and oxygen atoms in total. The smallest absolute Gasteiger partial charge is 0.305 e. The van der Waals surface area contributed by atoms with Gasteiger partial charge in [0.1, 0.15) is 0 Å². The van der Waals surface area contributed by atoms with Gasteiger partial charge in [-0.05, 0) is 38.0 Å². The number of carboxylic acids is 1. The van der Waals surface area contributed by atoms with E-state index in [1.165, 1.54) is 4.90 Å². The number of carbonyl (C=O) groups is 3. The number of fused-ring (bicyclic) bond motifs is 2. The number of rotatable bonds is 4. The summed E-state index contributed by atoms with van der Waals surface area (Å²) in [7, 11) is 0. The highest BCUT2D eigenvalue weighted by Gasteiger charge is 2.50. The lowest BCUT2D eigenvalue weighted by Crippen LogP contribution is -2.53. The Bertz CT molecular complexity index is 393. The van der Waals surface area contributed by atoms with Crippen LogP contribution in [0.25, 0.3) is 0 Å². The molecule has 1 N–H and O–H groups in total. The van der Waals surface area contributed by atoms with Crippen LogP contribution in [0.4, 0.5) is 0 Å². The molecule has 1 saturated heterocycles. The standard InChI is InChI=1S/C13H17NO4/c15-11(16)6-10(7-1-2-7)14-12(17)8-3-4-9(5-8)13(14)18/h7-10H,1-6H2,(H,15,16). The largest absolute Gasteiger partial charge is 0.481 e. The molecule has 2 bridgehead atoms. The Balaban J connectivity index is 1.85. The van der Waals surface area contributed by atoms with Crippen molar-refractivity contribution >= 4 is 17.8 Å². The van der Waals surface area contributed by atoms with Gasteiger partial charge < -0.3 is 5.11 Å². The molecule has 1 aliphatic heterocycles. The molecule has 1 heterocycles. The summed E-state index contributed by atoms with van der Waals surface area (Å²) in [5, 5.41) is 8.96. The van der Waals surface area contributed by atoms with Gasteiger partial charge in [-0.15, -0.1) is 0 Å². The summed E-state index contributed by atoms with van der Waals surface area (Å²) in [5.41, 5.74) is 0. The number of aliphatic carboxylic acids is 1. The van der Waals surface area contributed by atoms with Crippen LogP contribution in [0.1, 0.15) is 38.5 Å². The van der Waals surface area contributed by atoms with Crippen LogP contribution in [0.15, 0.2) is 0 Å². The Hall–Kier alpha value is -1.39. The first-order chi connectivity index (χ1) is 8.58. The molecule has 0 radical (unpaired) electrons. The van der Waals surface area contributed by atoms with Crippen LogP contribution in [0.5, 0.6) is 0 Å². The number of nitrogens with zero attached hydrogens (tertiary/aromatic N) is 1. The highest BCUT2D eigenvalue weighted by Crippen LogP contribution is 2.44. The van der Waals surface area contributed by atoms with Crippen molar-refractivity contribution in [2.24, 2.45) is 17.8 Å². The quantitative estimate of drug-likeness (QED) is 0.757. The molecule has 98 valence electrons. The highest BCUT2D eigenvalue weighted by atomic mass is 16.4. The molecule has 3 aliphatic rings. The SMILES string of the molecule is O=C(O)CC(C1CC1)N1C(=O)C2CCC(C2)C1=O. The van der Waals surface area contributed by atoms with E-state index in [2.05, 4.69) is 0 Å². The summed E-state index contributed by atoms with van der Waals surface area (Å²) in [6, 6.07) is -0.397. The second-order valence-electron chi connectivity index (χ2n) is 5.76. The molecule has 2 aliphatic carbocycles. The van der Waals surface area contributed by atoms with Crippen molar-refractivity contribution in [2.75, 3.05) is 0 Å². The molecule has 2 saturated carbocycles. The molecule has 18 heavy (non-hydrogen) atoms. The van der Waals surface area contributed by atoms with Gasteiger partial charge in [0, 0.05) is 11.8 Å². The fraction of sp³-hybridized carbons (Fsp3) is 0.769. The van der Waals surface area contributed by atoms with Crippen LogP contribution in [0.3, 0.4) is 0 Å². The molecule has 0 spiro atoms. The van der Waals surface area contributed by atoms with E-state index < -0.39 is 12.0 Å². The van der Waals surface area contributed by atoms with Gasteiger partial charge in [0.2, 0.25) is 11.8 Å². The number of imide groups is 1. The molecule has 3 unspecified atom stereocenters. The van der Waals surface area contributed by atoms with Gasteiger partial charge in [-0.25, -0.2) is 0 Å². The minimum atomic E-state index is -0.926. The second kappa shape index (κ2) is 4.07. The van der Waals surface area contributed by atoms with E-state index in [9.17, 15) is 14.4 Å². The van der Waals surface area contributed by atoms with Gasteiger partial charge >= 0.3 is 5.97 Å². The fourth-order valence-electron chi connectivity index (χ4n) is 3.39. The average molecular weight is 251 g/mol. The maximum Gasteiger partial charge on any atom is 0.305 e. The average Bonchev–Trinajstić information content (AvgIpc) is 3.04. The van der Waals surface area contributed by atoms with Gasteiger partial charge in [-0.3, -0.25) is 19.3 Å². The summed E-state index contributed by atoms with van der Waals surface area (Å²) >= 11 is 0. The predicted molar refractivity (Wildman–Crippen MR) is 61.4 cm³/mol. The normalized spacial score (nSPS) is 32.8. The second-order valence-corrected chi connectivity index (χ2v) is 5.76. The minimum Gasteiger partial charge on any atom is -0.481 e. The van der Waals surface area contributed by atoms with E-state index in [0.717, 1.165) is 25.7 Å². The van der Waals surface area contributed by atoms with E-state index in [4.69, 9.17) is 5.11 Å². The molecule has 0 aromatic rings. The molecule has 3 rings (SSSR count). The zero-order valence-electron chi connectivity index (χ0n) is 10.2. The third-order valence-corrected chi connectivity index (χ3v) is 4.49. The molecule has 0 aromatic carbocycles. The topological polar surface area (TPSA) is 74.7 Å². The maximum atomic E-state index is 12.3. The summed E-state index contributed by atoms with van der Waals surface area (Å²) in [4.78, 5) is 36.8. The number of likely N-dealkylation sites (tertiary alicyclic amines) is 1. The molecule has 3 fully saturated rings. The van der Waals surface area contributed by atoms with Gasteiger partial charge in [-0.1, -0.05) is 0 Å². The molecular weight excluding hydrogens is 234 g/mol. The third-order valence-electron chi connectivity index (χ3n) is 4.49. The number of piperidine rings is 1. The Morgan fingerprint density at radius 2 is 1.72 bits per heavy atom. The Kier molecular flexibility index (Phi) is 2.64. The van der Waals surface area contributed by atoms with Crippen LogP contribution in [-0.4, -0.2) is 33.8 Å². The fourth-order valence-corrected chi connectivity index (χ4v) is 3.39. The van der Waals surface area contributed by atoms with Gasteiger partial charge in [-0.2, -0.15) is 0 Å². The molecule has 2 amide bonds. The Morgan fingerprint density at radius 3 is 2.17 bits per heavy atom. The number of amides is 2. The van der Waals surface area contributed by atoms with Gasteiger partial charge in [0.15, 0.2) is 0 Å². The van der Waals surface area contributed by atoms with E-state index in [-0.39, 0.29) is 36.0 Å². The summed E-state index contributed by atoms with van der Waals surface area (Å²) in [6.45, 7) is 0. The Morgan fingerprint density at radius 1 is 1.17 bits per heavy atom. The molecular formula is C13H17NO4. The zero-order valence-corrected chi connectivity index (χ0v) is 10.2. The summed E-state index contributed by atoms with van der Waals surface area (Å²) < 4.78 is 0. The van der Waals surface area contributed by atoms with Crippen molar-refractivity contribution in [1.29, 1.82) is 0 Å². The maximum absolute atomic E-state index is 12.3. The Labute approximate surface area is 105 Å². The lowest BCUT2D eigenvalue weighted by atomic mass is 9.93. The third kappa shape index (κ3) is 1.82. The minimum absolute atomic E-state index is 0.0391. The zero-order chi connectivity index (χ0) is 12.9. The summed E-state index contributed by atoms with van der Waals surface area (Å²) in [5.74, 6) is -1.03. The van der Waals surface area contributed by atoms with Crippen LogP contribution >= 0.6 is 0 Å². The van der Waals surface area contributed by atoms with Crippen molar-refractivity contribution in [2.45, 2.75) is 44.6 Å². The van der Waals surface area contributed by atoms with Crippen LogP contribution in [0, 0.1) is 17.8 Å². The lowest BCUT2D eigenvalue weighted by molar-refractivity contribution is -0.157. The number of hydrogen-bond donors (Lipinski definition) is 1. The van der Waals surface area contributed by atoms with Crippen LogP contribution in [-0.2, 0) is 14.4 Å². The number of carboxylic acid groups (broad SMARTS) is 1. The van der Waals surface area contributed by atoms with E-state index >= 15 is 0 Å². The number of hydrogen-bond acceptors (Lipinski definition) is 3. The van der Waals surface area contributed by atoms with Crippen LogP contribution < -0.4 is 0 Å². The van der Waals surface area contributed by atoms with Crippen molar-refractivity contribution in [3.05, 3.63) is 0 Å². The monoisotopic (exact) mass is 251 g/mol.